The minimum absolute atomic E-state index is 0.0508. The molecule has 1 heterocycles. The van der Waals surface area contributed by atoms with Crippen molar-refractivity contribution in [2.75, 3.05) is 6.61 Å². The van der Waals surface area contributed by atoms with Crippen LogP contribution in [0.25, 0.3) is 0 Å². The van der Waals surface area contributed by atoms with E-state index in [4.69, 9.17) is 16.3 Å². The first-order valence-corrected chi connectivity index (χ1v) is 8.71. The van der Waals surface area contributed by atoms with Crippen molar-refractivity contribution in [2.45, 2.75) is 51.6 Å². The van der Waals surface area contributed by atoms with Gasteiger partial charge in [0.2, 0.25) is 0 Å². The molecule has 0 amide bonds. The minimum Gasteiger partial charge on any atom is -0.373 e. The Kier molecular flexibility index (Phi) is 7.06. The zero-order valence-corrected chi connectivity index (χ0v) is 14.8. The lowest BCUT2D eigenvalue weighted by atomic mass is 9.74. The van der Waals surface area contributed by atoms with E-state index in [0.717, 1.165) is 12.0 Å². The lowest BCUT2D eigenvalue weighted by Gasteiger charge is -2.31. The number of ketones is 2. The van der Waals surface area contributed by atoms with Gasteiger partial charge in [0, 0.05) is 36.7 Å². The maximum absolute atomic E-state index is 12.6. The third-order valence-electron chi connectivity index (χ3n) is 4.30. The van der Waals surface area contributed by atoms with Crippen molar-refractivity contribution in [3.63, 3.8) is 0 Å². The Hall–Kier alpha value is -1.59. The van der Waals surface area contributed by atoms with Gasteiger partial charge in [-0.3, -0.25) is 9.59 Å². The van der Waals surface area contributed by atoms with E-state index in [0.29, 0.717) is 31.7 Å². The molecular weight excluding hydrogens is 328 g/mol. The minimum atomic E-state index is -0.670. The van der Waals surface area contributed by atoms with E-state index in [1.165, 1.54) is 5.54 Å². The van der Waals surface area contributed by atoms with Gasteiger partial charge in [-0.25, -0.2) is 9.97 Å². The molecule has 0 N–H and O–H groups in total. The monoisotopic (exact) mass is 350 g/mol. The van der Waals surface area contributed by atoms with E-state index >= 15 is 0 Å². The molecule has 0 spiro atoms. The fraction of sp³-hybridized carbons (Fsp3) is 0.556. The first kappa shape index (κ1) is 18.7. The van der Waals surface area contributed by atoms with Crippen LogP contribution in [-0.2, 0) is 14.3 Å². The van der Waals surface area contributed by atoms with E-state index < -0.39 is 5.92 Å². The molecule has 0 saturated heterocycles. The maximum atomic E-state index is 12.6. The summed E-state index contributed by atoms with van der Waals surface area (Å²) in [6.07, 6.45) is 6.89. The van der Waals surface area contributed by atoms with Crippen molar-refractivity contribution in [3.05, 3.63) is 35.4 Å². The molecule has 1 unspecified atom stereocenters. The number of ether oxygens (including phenoxy) is 1. The molecule has 0 bridgehead atoms. The van der Waals surface area contributed by atoms with Crippen LogP contribution in [0.4, 0.5) is 0 Å². The molecule has 1 fully saturated rings. The van der Waals surface area contributed by atoms with Gasteiger partial charge < -0.3 is 4.74 Å². The van der Waals surface area contributed by atoms with E-state index in [1.54, 1.807) is 25.4 Å². The summed E-state index contributed by atoms with van der Waals surface area (Å²) in [6, 6.07) is 0. The molecule has 24 heavy (non-hydrogen) atoms. The molecule has 1 atom stereocenters. The van der Waals surface area contributed by atoms with Gasteiger partial charge in [-0.1, -0.05) is 24.9 Å². The summed E-state index contributed by atoms with van der Waals surface area (Å²) in [5, 5.41) is 0. The molecule has 130 valence electrons. The molecule has 0 radical (unpaired) electrons. The Bertz CT molecular complexity index is 583. The number of hydrogen-bond acceptors (Lipinski definition) is 5. The summed E-state index contributed by atoms with van der Waals surface area (Å²) in [4.78, 5) is 33.6. The summed E-state index contributed by atoms with van der Waals surface area (Å²) >= 11 is 5.50. The Balaban J connectivity index is 2.09. The molecule has 1 saturated carbocycles. The number of Topliss-reactive ketones (excluding diaryl/α,β-unsaturated/α-hetero) is 2. The molecule has 1 aromatic rings. The number of rotatable bonds is 7. The van der Waals surface area contributed by atoms with Crippen LogP contribution in [0.5, 0.6) is 0 Å². The molecule has 1 aliphatic carbocycles. The van der Waals surface area contributed by atoms with Crippen molar-refractivity contribution >= 4 is 23.2 Å². The number of aromatic nitrogens is 2. The van der Waals surface area contributed by atoms with Crippen LogP contribution in [0, 0.1) is 12.8 Å². The summed E-state index contributed by atoms with van der Waals surface area (Å²) in [6.45, 7) is 4.12. The second-order valence-electron chi connectivity index (χ2n) is 6.10. The van der Waals surface area contributed by atoms with Gasteiger partial charge in [0.1, 0.15) is 23.3 Å². The molecule has 5 nitrogen and oxygen atoms in total. The zero-order valence-electron chi connectivity index (χ0n) is 14.1. The third kappa shape index (κ3) is 4.71. The first-order chi connectivity index (χ1) is 11.6. The van der Waals surface area contributed by atoms with E-state index in [2.05, 4.69) is 9.97 Å². The summed E-state index contributed by atoms with van der Waals surface area (Å²) in [5.74, 6) is -0.229. The lowest BCUT2D eigenvalue weighted by Crippen LogP contribution is -2.41. The van der Waals surface area contributed by atoms with Crippen molar-refractivity contribution in [1.82, 2.24) is 9.97 Å². The van der Waals surface area contributed by atoms with Gasteiger partial charge in [-0.15, -0.1) is 0 Å². The van der Waals surface area contributed by atoms with Crippen molar-refractivity contribution in [1.29, 1.82) is 0 Å². The largest absolute Gasteiger partial charge is 0.373 e. The predicted molar refractivity (Wildman–Crippen MR) is 91.9 cm³/mol. The molecular formula is C18H23ClN2O3. The molecule has 0 aromatic carbocycles. The number of nitrogens with zero attached hydrogens (tertiary/aromatic N) is 2. The number of carbonyl (C=O) groups excluding carboxylic acids is 2. The highest BCUT2D eigenvalue weighted by Crippen LogP contribution is 2.34. The second-order valence-corrected chi connectivity index (χ2v) is 6.35. The van der Waals surface area contributed by atoms with Gasteiger partial charge >= 0.3 is 0 Å². The number of carbonyl (C=O) groups is 2. The zero-order chi connectivity index (χ0) is 17.5. The topological polar surface area (TPSA) is 69.2 Å². The summed E-state index contributed by atoms with van der Waals surface area (Å²) < 4.78 is 5.72. The highest BCUT2D eigenvalue weighted by Gasteiger charge is 2.41. The first-order valence-electron chi connectivity index (χ1n) is 8.27. The molecule has 2 rings (SSSR count). The average Bonchev–Trinajstić information content (AvgIpc) is 2.55. The Labute approximate surface area is 147 Å². The molecule has 6 heteroatoms. The van der Waals surface area contributed by atoms with E-state index in [-0.39, 0.29) is 23.6 Å². The summed E-state index contributed by atoms with van der Waals surface area (Å²) in [7, 11) is 0. The fourth-order valence-electron chi connectivity index (χ4n) is 3.10. The second kappa shape index (κ2) is 9.04. The predicted octanol–water partition coefficient (Wildman–Crippen LogP) is 3.35. The van der Waals surface area contributed by atoms with Crippen LogP contribution >= 0.6 is 11.6 Å². The van der Waals surface area contributed by atoms with Crippen LogP contribution in [0.1, 0.15) is 49.9 Å². The van der Waals surface area contributed by atoms with Crippen LogP contribution in [0.15, 0.2) is 24.0 Å². The standard InChI is InChI=1S/C18H23ClN2O3/c1-3-5-17(24-7-4-6-19)18-15(22)8-13(9-16(18)23)14-10-20-12(2)21-11-14/h4,6,10-11,13,17-18H,3,5,7-9H2,1-2H3. The highest BCUT2D eigenvalue weighted by atomic mass is 35.5. The lowest BCUT2D eigenvalue weighted by molar-refractivity contribution is -0.143. The summed E-state index contributed by atoms with van der Waals surface area (Å²) in [5.41, 5.74) is 2.22. The number of halogens is 1. The van der Waals surface area contributed by atoms with Gasteiger partial charge in [0.15, 0.2) is 0 Å². The fourth-order valence-corrected chi connectivity index (χ4v) is 3.17. The highest BCUT2D eigenvalue weighted by molar-refractivity contribution is 6.25. The third-order valence-corrected chi connectivity index (χ3v) is 4.48. The Morgan fingerprint density at radius 2 is 1.92 bits per heavy atom. The van der Waals surface area contributed by atoms with Crippen LogP contribution in [0.2, 0.25) is 0 Å². The van der Waals surface area contributed by atoms with Crippen molar-refractivity contribution < 1.29 is 14.3 Å². The molecule has 1 aromatic heterocycles. The van der Waals surface area contributed by atoms with Gasteiger partial charge in [0.05, 0.1) is 12.7 Å². The van der Waals surface area contributed by atoms with Gasteiger partial charge in [-0.05, 0) is 25.0 Å². The van der Waals surface area contributed by atoms with Gasteiger partial charge in [-0.2, -0.15) is 0 Å². The van der Waals surface area contributed by atoms with E-state index in [1.807, 2.05) is 6.92 Å². The van der Waals surface area contributed by atoms with Crippen molar-refractivity contribution in [3.8, 4) is 0 Å². The normalized spacial score (nSPS) is 23.0. The average molecular weight is 351 g/mol. The smallest absolute Gasteiger partial charge is 0.146 e. The number of hydrogen-bond donors (Lipinski definition) is 0. The Morgan fingerprint density at radius 1 is 1.29 bits per heavy atom. The van der Waals surface area contributed by atoms with Crippen LogP contribution in [0.3, 0.4) is 0 Å². The molecule has 1 aliphatic rings. The number of aryl methyl sites for hydroxylation is 1. The molecule has 0 aliphatic heterocycles. The maximum Gasteiger partial charge on any atom is 0.146 e. The van der Waals surface area contributed by atoms with Crippen molar-refractivity contribution in [2.24, 2.45) is 5.92 Å². The van der Waals surface area contributed by atoms with Crippen LogP contribution in [-0.4, -0.2) is 34.2 Å². The Morgan fingerprint density at radius 3 is 2.46 bits per heavy atom. The van der Waals surface area contributed by atoms with Gasteiger partial charge in [0.25, 0.3) is 0 Å². The van der Waals surface area contributed by atoms with E-state index in [9.17, 15) is 9.59 Å². The quantitative estimate of drug-likeness (QED) is 0.705. The SMILES string of the molecule is CCCC(OCC=CCl)C1C(=O)CC(c2cnc(C)nc2)CC1=O. The van der Waals surface area contributed by atoms with Crippen LogP contribution < -0.4 is 0 Å².